The molecule has 6 heteroatoms. The van der Waals surface area contributed by atoms with Crippen LogP contribution in [0.15, 0.2) is 47.6 Å². The summed E-state index contributed by atoms with van der Waals surface area (Å²) in [5, 5.41) is 11.8. The Bertz CT molecular complexity index is 836. The zero-order valence-electron chi connectivity index (χ0n) is 14.8. The van der Waals surface area contributed by atoms with E-state index in [1.165, 1.54) is 0 Å². The fourth-order valence-electron chi connectivity index (χ4n) is 2.71. The molecule has 0 saturated heterocycles. The Morgan fingerprint density at radius 1 is 1.32 bits per heavy atom. The molecule has 1 aromatic carbocycles. The SMILES string of the molecule is CN=C(c1cc(C#N)ccn1)C(c1cccc(C(=O)NC)c1)N(C)C. The summed E-state index contributed by atoms with van der Waals surface area (Å²) in [4.78, 5) is 22.8. The van der Waals surface area contributed by atoms with Gasteiger partial charge in [0, 0.05) is 25.9 Å². The van der Waals surface area contributed by atoms with E-state index in [0.29, 0.717) is 16.8 Å². The van der Waals surface area contributed by atoms with E-state index < -0.39 is 0 Å². The summed E-state index contributed by atoms with van der Waals surface area (Å²) < 4.78 is 0. The third kappa shape index (κ3) is 4.08. The highest BCUT2D eigenvalue weighted by atomic mass is 16.1. The highest BCUT2D eigenvalue weighted by Gasteiger charge is 2.23. The standard InChI is InChI=1S/C19H21N5O/c1-21-17(16-10-13(12-20)8-9-23-16)18(24(3)4)14-6-5-7-15(11-14)19(25)22-2/h5-11,18H,1-4H3,(H,22,25). The molecule has 0 bridgehead atoms. The number of hydrogen-bond acceptors (Lipinski definition) is 5. The van der Waals surface area contributed by atoms with Crippen molar-refractivity contribution in [3.8, 4) is 6.07 Å². The Morgan fingerprint density at radius 2 is 2.08 bits per heavy atom. The normalized spacial score (nSPS) is 12.6. The Hall–Kier alpha value is -3.04. The summed E-state index contributed by atoms with van der Waals surface area (Å²) in [6.45, 7) is 0. The number of nitriles is 1. The second-order valence-corrected chi connectivity index (χ2v) is 5.72. The molecule has 0 aliphatic rings. The molecule has 1 heterocycles. The molecule has 0 radical (unpaired) electrons. The first-order chi connectivity index (χ1) is 12.0. The van der Waals surface area contributed by atoms with E-state index >= 15 is 0 Å². The second-order valence-electron chi connectivity index (χ2n) is 5.72. The van der Waals surface area contributed by atoms with Crippen molar-refractivity contribution in [1.82, 2.24) is 15.2 Å². The van der Waals surface area contributed by atoms with Gasteiger partial charge in [0.1, 0.15) is 0 Å². The lowest BCUT2D eigenvalue weighted by Gasteiger charge is -2.26. The zero-order valence-corrected chi connectivity index (χ0v) is 14.8. The predicted octanol–water partition coefficient (Wildman–Crippen LogP) is 2.03. The van der Waals surface area contributed by atoms with Crippen LogP contribution in [0.2, 0.25) is 0 Å². The van der Waals surface area contributed by atoms with Crippen LogP contribution in [-0.2, 0) is 0 Å². The van der Waals surface area contributed by atoms with E-state index in [0.717, 1.165) is 11.3 Å². The molecule has 2 aromatic rings. The Kier molecular flexibility index (Phi) is 5.98. The molecule has 25 heavy (non-hydrogen) atoms. The minimum atomic E-state index is -0.198. The van der Waals surface area contributed by atoms with E-state index in [4.69, 9.17) is 5.26 Å². The Labute approximate surface area is 147 Å². The number of likely N-dealkylation sites (N-methyl/N-ethyl adjacent to an activating group) is 1. The van der Waals surface area contributed by atoms with E-state index in [2.05, 4.69) is 21.4 Å². The fraction of sp³-hybridized carbons (Fsp3) is 0.263. The summed E-state index contributed by atoms with van der Waals surface area (Å²) in [7, 11) is 7.19. The van der Waals surface area contributed by atoms with Crippen molar-refractivity contribution >= 4 is 11.6 Å². The maximum absolute atomic E-state index is 11.9. The molecule has 1 N–H and O–H groups in total. The van der Waals surface area contributed by atoms with Crippen LogP contribution >= 0.6 is 0 Å². The predicted molar refractivity (Wildman–Crippen MR) is 97.7 cm³/mol. The number of aliphatic imine (C=N–C) groups is 1. The van der Waals surface area contributed by atoms with Gasteiger partial charge >= 0.3 is 0 Å². The lowest BCUT2D eigenvalue weighted by molar-refractivity contribution is 0.0963. The van der Waals surface area contributed by atoms with Crippen molar-refractivity contribution < 1.29 is 4.79 Å². The maximum Gasteiger partial charge on any atom is 0.251 e. The van der Waals surface area contributed by atoms with Crippen LogP contribution in [0, 0.1) is 11.3 Å². The molecule has 1 aromatic heterocycles. The van der Waals surface area contributed by atoms with Crippen molar-refractivity contribution in [1.29, 1.82) is 5.26 Å². The molecule has 0 saturated carbocycles. The summed E-state index contributed by atoms with van der Waals surface area (Å²) in [5.74, 6) is -0.140. The number of nitrogens with one attached hydrogen (secondary N) is 1. The van der Waals surface area contributed by atoms with Crippen molar-refractivity contribution in [2.75, 3.05) is 28.2 Å². The van der Waals surface area contributed by atoms with Gasteiger partial charge in [-0.3, -0.25) is 19.7 Å². The quantitative estimate of drug-likeness (QED) is 0.848. The van der Waals surface area contributed by atoms with Gasteiger partial charge in [0.15, 0.2) is 0 Å². The number of pyridine rings is 1. The number of rotatable bonds is 5. The summed E-state index contributed by atoms with van der Waals surface area (Å²) in [6.07, 6.45) is 1.60. The van der Waals surface area contributed by atoms with E-state index in [1.807, 2.05) is 37.2 Å². The summed E-state index contributed by atoms with van der Waals surface area (Å²) >= 11 is 0. The van der Waals surface area contributed by atoms with Crippen LogP contribution in [0.5, 0.6) is 0 Å². The molecule has 128 valence electrons. The summed E-state index contributed by atoms with van der Waals surface area (Å²) in [5.41, 5.74) is 3.42. The van der Waals surface area contributed by atoms with Crippen LogP contribution in [0.4, 0.5) is 0 Å². The van der Waals surface area contributed by atoms with Crippen molar-refractivity contribution in [3.05, 3.63) is 65.0 Å². The van der Waals surface area contributed by atoms with Crippen LogP contribution in [-0.4, -0.2) is 49.7 Å². The number of hydrogen-bond donors (Lipinski definition) is 1. The van der Waals surface area contributed by atoms with Gasteiger partial charge in [0.2, 0.25) is 0 Å². The number of benzene rings is 1. The molecule has 0 fully saturated rings. The topological polar surface area (TPSA) is 81.4 Å². The van der Waals surface area contributed by atoms with Crippen molar-refractivity contribution in [2.45, 2.75) is 6.04 Å². The van der Waals surface area contributed by atoms with Gasteiger partial charge < -0.3 is 5.32 Å². The van der Waals surface area contributed by atoms with E-state index in [1.54, 1.807) is 38.5 Å². The fourth-order valence-corrected chi connectivity index (χ4v) is 2.71. The Morgan fingerprint density at radius 3 is 2.68 bits per heavy atom. The molecule has 0 spiro atoms. The number of carbonyl (C=O) groups is 1. The van der Waals surface area contributed by atoms with Gasteiger partial charge in [-0.1, -0.05) is 12.1 Å². The number of nitrogens with zero attached hydrogens (tertiary/aromatic N) is 4. The van der Waals surface area contributed by atoms with Gasteiger partial charge in [-0.15, -0.1) is 0 Å². The molecule has 2 rings (SSSR count). The highest BCUT2D eigenvalue weighted by molar-refractivity contribution is 6.04. The first kappa shape index (κ1) is 18.3. The molecule has 0 aliphatic carbocycles. The monoisotopic (exact) mass is 335 g/mol. The molecule has 6 nitrogen and oxygen atoms in total. The van der Waals surface area contributed by atoms with Crippen molar-refractivity contribution in [3.63, 3.8) is 0 Å². The second kappa shape index (κ2) is 8.18. The molecule has 1 unspecified atom stereocenters. The largest absolute Gasteiger partial charge is 0.355 e. The number of amides is 1. The average Bonchev–Trinajstić information content (AvgIpc) is 2.65. The highest BCUT2D eigenvalue weighted by Crippen LogP contribution is 2.24. The first-order valence-electron chi connectivity index (χ1n) is 7.83. The third-order valence-corrected chi connectivity index (χ3v) is 3.86. The molecule has 1 amide bonds. The smallest absolute Gasteiger partial charge is 0.251 e. The zero-order chi connectivity index (χ0) is 18.4. The van der Waals surface area contributed by atoms with Gasteiger partial charge in [0.05, 0.1) is 29.1 Å². The summed E-state index contributed by atoms with van der Waals surface area (Å²) in [6, 6.07) is 12.7. The maximum atomic E-state index is 11.9. The minimum Gasteiger partial charge on any atom is -0.355 e. The number of carbonyl (C=O) groups excluding carboxylic acids is 1. The first-order valence-corrected chi connectivity index (χ1v) is 7.83. The van der Waals surface area contributed by atoms with Crippen LogP contribution in [0.1, 0.15) is 33.2 Å². The van der Waals surface area contributed by atoms with Crippen molar-refractivity contribution in [2.24, 2.45) is 4.99 Å². The van der Waals surface area contributed by atoms with Gasteiger partial charge in [0.25, 0.3) is 5.91 Å². The molecule has 0 aliphatic heterocycles. The van der Waals surface area contributed by atoms with Crippen LogP contribution in [0.25, 0.3) is 0 Å². The molecule has 1 atom stereocenters. The Balaban J connectivity index is 2.53. The van der Waals surface area contributed by atoms with Gasteiger partial charge in [-0.05, 0) is 43.9 Å². The lowest BCUT2D eigenvalue weighted by atomic mass is 9.96. The van der Waals surface area contributed by atoms with E-state index in [9.17, 15) is 4.79 Å². The van der Waals surface area contributed by atoms with Crippen LogP contribution < -0.4 is 5.32 Å². The number of aromatic nitrogens is 1. The minimum absolute atomic E-state index is 0.140. The van der Waals surface area contributed by atoms with Gasteiger partial charge in [-0.25, -0.2) is 0 Å². The molecular formula is C19H21N5O. The molecular weight excluding hydrogens is 314 g/mol. The average molecular weight is 335 g/mol. The third-order valence-electron chi connectivity index (χ3n) is 3.86. The lowest BCUT2D eigenvalue weighted by Crippen LogP contribution is -2.29. The van der Waals surface area contributed by atoms with Gasteiger partial charge in [-0.2, -0.15) is 5.26 Å². The van der Waals surface area contributed by atoms with Crippen LogP contribution in [0.3, 0.4) is 0 Å². The van der Waals surface area contributed by atoms with E-state index in [-0.39, 0.29) is 11.9 Å².